The second-order valence-electron chi connectivity index (χ2n) is 4.67. The van der Waals surface area contributed by atoms with E-state index in [1.807, 2.05) is 49.4 Å². The highest BCUT2D eigenvalue weighted by molar-refractivity contribution is 8.03. The van der Waals surface area contributed by atoms with Crippen molar-refractivity contribution in [3.8, 4) is 0 Å². The molecule has 0 aliphatic rings. The summed E-state index contributed by atoms with van der Waals surface area (Å²) in [7, 11) is 0. The summed E-state index contributed by atoms with van der Waals surface area (Å²) in [5.74, 6) is -0.0404. The first-order chi connectivity index (χ1) is 9.58. The van der Waals surface area contributed by atoms with Gasteiger partial charge in [-0.2, -0.15) is 0 Å². The maximum absolute atomic E-state index is 10.4. The normalized spacial score (nSPS) is 13.8. The molecule has 1 nitrogen and oxygen atoms in total. The number of halogens is 1. The van der Waals surface area contributed by atoms with Crippen LogP contribution >= 0.6 is 23.4 Å². The molecule has 104 valence electrons. The van der Waals surface area contributed by atoms with E-state index in [4.69, 9.17) is 11.6 Å². The Balaban J connectivity index is 2.04. The van der Waals surface area contributed by atoms with Crippen molar-refractivity contribution >= 4 is 23.4 Å². The van der Waals surface area contributed by atoms with Crippen molar-refractivity contribution in [1.82, 2.24) is 0 Å². The van der Waals surface area contributed by atoms with Crippen molar-refractivity contribution in [2.45, 2.75) is 17.9 Å². The predicted molar refractivity (Wildman–Crippen MR) is 87.0 cm³/mol. The molecule has 0 fully saturated rings. The number of hydrogen-bond acceptors (Lipinski definition) is 2. The van der Waals surface area contributed by atoms with Gasteiger partial charge in [0.05, 0.1) is 6.10 Å². The van der Waals surface area contributed by atoms with Crippen molar-refractivity contribution < 1.29 is 5.11 Å². The van der Waals surface area contributed by atoms with Crippen molar-refractivity contribution in [2.24, 2.45) is 5.92 Å². The smallest absolute Gasteiger partial charge is 0.0860 e. The maximum Gasteiger partial charge on any atom is 0.0860 e. The number of aliphatic hydroxyl groups excluding tert-OH is 1. The molecule has 1 N–H and O–H groups in total. The van der Waals surface area contributed by atoms with Crippen LogP contribution in [0.4, 0.5) is 0 Å². The van der Waals surface area contributed by atoms with Gasteiger partial charge in [0.1, 0.15) is 0 Å². The third-order valence-electron chi connectivity index (χ3n) is 3.19. The van der Waals surface area contributed by atoms with Crippen LogP contribution in [0.3, 0.4) is 0 Å². The molecule has 0 radical (unpaired) electrons. The van der Waals surface area contributed by atoms with Gasteiger partial charge in [0, 0.05) is 15.8 Å². The van der Waals surface area contributed by atoms with Crippen LogP contribution in [0.2, 0.25) is 5.02 Å². The largest absolute Gasteiger partial charge is 0.388 e. The molecule has 0 saturated carbocycles. The SMILES string of the molecule is C=C(Sc1ccccc1)[C@@H](C)[C@H](O)c1ccc(Cl)cc1. The molecule has 2 aromatic carbocycles. The molecule has 3 heteroatoms. The molecule has 2 aromatic rings. The quantitative estimate of drug-likeness (QED) is 0.755. The van der Waals surface area contributed by atoms with E-state index >= 15 is 0 Å². The lowest BCUT2D eigenvalue weighted by molar-refractivity contribution is 0.138. The standard InChI is InChI=1S/C17H17ClOS/c1-12(13(2)20-16-6-4-3-5-7-16)17(19)14-8-10-15(18)11-9-14/h3-12,17,19H,2H2,1H3/t12-,17+/m1/s1. The Bertz CT molecular complexity index is 565. The zero-order valence-corrected chi connectivity index (χ0v) is 12.9. The Hall–Kier alpha value is -1.22. The molecule has 0 bridgehead atoms. The number of aliphatic hydroxyl groups is 1. The van der Waals surface area contributed by atoms with Gasteiger partial charge in [-0.25, -0.2) is 0 Å². The van der Waals surface area contributed by atoms with E-state index in [2.05, 4.69) is 6.58 Å². The molecule has 0 amide bonds. The second kappa shape index (κ2) is 6.98. The second-order valence-corrected chi connectivity index (χ2v) is 6.30. The summed E-state index contributed by atoms with van der Waals surface area (Å²) >= 11 is 7.46. The van der Waals surface area contributed by atoms with E-state index in [1.165, 1.54) is 0 Å². The van der Waals surface area contributed by atoms with E-state index in [1.54, 1.807) is 23.9 Å². The van der Waals surface area contributed by atoms with E-state index in [0.29, 0.717) is 5.02 Å². The minimum absolute atomic E-state index is 0.0404. The third-order valence-corrected chi connectivity index (χ3v) is 4.58. The fraction of sp³-hybridized carbons (Fsp3) is 0.176. The van der Waals surface area contributed by atoms with Crippen LogP contribution in [0, 0.1) is 5.92 Å². The van der Waals surface area contributed by atoms with Crippen molar-refractivity contribution in [3.63, 3.8) is 0 Å². The number of hydrogen-bond donors (Lipinski definition) is 1. The van der Waals surface area contributed by atoms with Gasteiger partial charge in [0.15, 0.2) is 0 Å². The molecule has 20 heavy (non-hydrogen) atoms. The summed E-state index contributed by atoms with van der Waals surface area (Å²) in [6, 6.07) is 17.3. The first-order valence-corrected chi connectivity index (χ1v) is 7.62. The molecule has 0 aliphatic carbocycles. The van der Waals surface area contributed by atoms with Crippen LogP contribution in [0.25, 0.3) is 0 Å². The Labute approximate surface area is 129 Å². The van der Waals surface area contributed by atoms with E-state index in [9.17, 15) is 5.11 Å². The molecule has 2 rings (SSSR count). The van der Waals surface area contributed by atoms with Gasteiger partial charge in [-0.1, -0.05) is 67.2 Å². The topological polar surface area (TPSA) is 20.2 Å². The fourth-order valence-corrected chi connectivity index (χ4v) is 2.89. The maximum atomic E-state index is 10.4. The van der Waals surface area contributed by atoms with Gasteiger partial charge in [-0.3, -0.25) is 0 Å². The minimum atomic E-state index is -0.573. The molecule has 0 spiro atoms. The van der Waals surface area contributed by atoms with Crippen molar-refractivity contribution in [1.29, 1.82) is 0 Å². The zero-order chi connectivity index (χ0) is 14.5. The average molecular weight is 305 g/mol. The van der Waals surface area contributed by atoms with Gasteiger partial charge >= 0.3 is 0 Å². The van der Waals surface area contributed by atoms with Gasteiger partial charge in [0.25, 0.3) is 0 Å². The van der Waals surface area contributed by atoms with Gasteiger partial charge in [-0.05, 0) is 34.7 Å². The van der Waals surface area contributed by atoms with Crippen LogP contribution in [0.1, 0.15) is 18.6 Å². The molecular formula is C17H17ClOS. The van der Waals surface area contributed by atoms with Crippen LogP contribution < -0.4 is 0 Å². The van der Waals surface area contributed by atoms with Crippen molar-refractivity contribution in [2.75, 3.05) is 0 Å². The summed E-state index contributed by atoms with van der Waals surface area (Å²) in [6.07, 6.45) is -0.573. The molecule has 0 aliphatic heterocycles. The lowest BCUT2D eigenvalue weighted by Crippen LogP contribution is -2.09. The average Bonchev–Trinajstić information content (AvgIpc) is 2.47. The monoisotopic (exact) mass is 304 g/mol. The zero-order valence-electron chi connectivity index (χ0n) is 11.3. The lowest BCUT2D eigenvalue weighted by atomic mass is 9.97. The van der Waals surface area contributed by atoms with Gasteiger partial charge in [0.2, 0.25) is 0 Å². The molecule has 0 unspecified atom stereocenters. The summed E-state index contributed by atoms with van der Waals surface area (Å²) in [6.45, 7) is 6.07. The van der Waals surface area contributed by atoms with Crippen molar-refractivity contribution in [3.05, 3.63) is 76.7 Å². The van der Waals surface area contributed by atoms with Gasteiger partial charge in [-0.15, -0.1) is 0 Å². The number of thioether (sulfide) groups is 1. The Morgan fingerprint density at radius 2 is 1.70 bits per heavy atom. The first kappa shape index (κ1) is 15.2. The number of benzene rings is 2. The highest BCUT2D eigenvalue weighted by Gasteiger charge is 2.19. The third kappa shape index (κ3) is 3.89. The van der Waals surface area contributed by atoms with Crippen LogP contribution in [-0.2, 0) is 0 Å². The molecular weight excluding hydrogens is 288 g/mol. The Kier molecular flexibility index (Phi) is 5.30. The summed E-state index contributed by atoms with van der Waals surface area (Å²) in [5, 5.41) is 11.1. The molecule has 0 aromatic heterocycles. The van der Waals surface area contributed by atoms with Gasteiger partial charge < -0.3 is 5.11 Å². The summed E-state index contributed by atoms with van der Waals surface area (Å²) in [5.41, 5.74) is 0.858. The fourth-order valence-electron chi connectivity index (χ4n) is 1.86. The molecule has 0 saturated heterocycles. The van der Waals surface area contributed by atoms with E-state index < -0.39 is 6.10 Å². The minimum Gasteiger partial charge on any atom is -0.388 e. The predicted octanol–water partition coefficient (Wildman–Crippen LogP) is 5.32. The van der Waals surface area contributed by atoms with E-state index in [-0.39, 0.29) is 5.92 Å². The summed E-state index contributed by atoms with van der Waals surface area (Å²) in [4.78, 5) is 2.08. The lowest BCUT2D eigenvalue weighted by Gasteiger charge is -2.21. The van der Waals surface area contributed by atoms with Crippen LogP contribution in [-0.4, -0.2) is 5.11 Å². The van der Waals surface area contributed by atoms with Crippen LogP contribution in [0.15, 0.2) is 71.0 Å². The Morgan fingerprint density at radius 1 is 1.10 bits per heavy atom. The number of rotatable bonds is 5. The van der Waals surface area contributed by atoms with E-state index in [0.717, 1.165) is 15.4 Å². The summed E-state index contributed by atoms with van der Waals surface area (Å²) < 4.78 is 0. The van der Waals surface area contributed by atoms with Crippen LogP contribution in [0.5, 0.6) is 0 Å². The molecule has 2 atom stereocenters. The highest BCUT2D eigenvalue weighted by atomic mass is 35.5. The first-order valence-electron chi connectivity index (χ1n) is 6.43. The highest BCUT2D eigenvalue weighted by Crippen LogP contribution is 2.36. The Morgan fingerprint density at radius 3 is 2.30 bits per heavy atom. The molecule has 0 heterocycles.